The third kappa shape index (κ3) is 5.71. The van der Waals surface area contributed by atoms with Gasteiger partial charge < -0.3 is 10.6 Å². The van der Waals surface area contributed by atoms with Crippen LogP contribution in [0.15, 0.2) is 24.3 Å². The van der Waals surface area contributed by atoms with Gasteiger partial charge in [0.2, 0.25) is 0 Å². The Kier molecular flexibility index (Phi) is 6.92. The van der Waals surface area contributed by atoms with Crippen LogP contribution < -0.4 is 10.6 Å². The van der Waals surface area contributed by atoms with E-state index in [1.807, 2.05) is 0 Å². The van der Waals surface area contributed by atoms with Crippen LogP contribution in [0, 0.1) is 0 Å². The second-order valence-electron chi connectivity index (χ2n) is 4.53. The lowest BCUT2D eigenvalue weighted by Gasteiger charge is -2.07. The summed E-state index contributed by atoms with van der Waals surface area (Å²) < 4.78 is 0. The molecule has 0 aliphatic rings. The number of carbonyl (C=O) groups excluding carboxylic acids is 1. The van der Waals surface area contributed by atoms with Crippen LogP contribution in [0.3, 0.4) is 0 Å². The van der Waals surface area contributed by atoms with Crippen LogP contribution >= 0.6 is 0 Å². The third-order valence-corrected chi connectivity index (χ3v) is 2.83. The van der Waals surface area contributed by atoms with Gasteiger partial charge in [-0.1, -0.05) is 51.0 Å². The molecule has 2 N–H and O–H groups in total. The molecular formula is C15H24N2O. The SMILES string of the molecule is CCCCNC(=O)NCc1ccc(CCC)cc1. The fourth-order valence-electron chi connectivity index (χ4n) is 1.74. The van der Waals surface area contributed by atoms with E-state index >= 15 is 0 Å². The number of hydrogen-bond acceptors (Lipinski definition) is 1. The highest BCUT2D eigenvalue weighted by molar-refractivity contribution is 5.73. The second-order valence-corrected chi connectivity index (χ2v) is 4.53. The summed E-state index contributed by atoms with van der Waals surface area (Å²) in [5, 5.41) is 5.69. The Morgan fingerprint density at radius 3 is 2.28 bits per heavy atom. The van der Waals surface area contributed by atoms with E-state index in [-0.39, 0.29) is 6.03 Å². The molecule has 3 nitrogen and oxygen atoms in total. The second kappa shape index (κ2) is 8.56. The van der Waals surface area contributed by atoms with Gasteiger partial charge in [-0.25, -0.2) is 4.79 Å². The monoisotopic (exact) mass is 248 g/mol. The molecule has 0 bridgehead atoms. The van der Waals surface area contributed by atoms with Crippen molar-refractivity contribution in [1.29, 1.82) is 0 Å². The summed E-state index contributed by atoms with van der Waals surface area (Å²) in [5.41, 5.74) is 2.49. The number of aryl methyl sites for hydroxylation is 1. The number of unbranched alkanes of at least 4 members (excludes halogenated alkanes) is 1. The standard InChI is InChI=1S/C15H24N2O/c1-3-5-11-16-15(18)17-12-14-9-7-13(6-4-2)8-10-14/h7-10H,3-6,11-12H2,1-2H3,(H2,16,17,18). The van der Waals surface area contributed by atoms with E-state index in [4.69, 9.17) is 0 Å². The van der Waals surface area contributed by atoms with Crippen molar-refractivity contribution in [2.24, 2.45) is 0 Å². The molecule has 1 aromatic rings. The van der Waals surface area contributed by atoms with Gasteiger partial charge >= 0.3 is 6.03 Å². The van der Waals surface area contributed by atoms with E-state index in [1.165, 1.54) is 5.56 Å². The highest BCUT2D eigenvalue weighted by Gasteiger charge is 1.99. The molecule has 0 heterocycles. The zero-order valence-corrected chi connectivity index (χ0v) is 11.5. The lowest BCUT2D eigenvalue weighted by Crippen LogP contribution is -2.35. The first kappa shape index (κ1) is 14.6. The van der Waals surface area contributed by atoms with E-state index in [1.54, 1.807) is 0 Å². The summed E-state index contributed by atoms with van der Waals surface area (Å²) in [6.07, 6.45) is 4.40. The Labute approximate surface area is 110 Å². The van der Waals surface area contributed by atoms with Crippen molar-refractivity contribution in [3.8, 4) is 0 Å². The number of nitrogens with one attached hydrogen (secondary N) is 2. The highest BCUT2D eigenvalue weighted by Crippen LogP contribution is 2.06. The molecule has 3 heteroatoms. The maximum atomic E-state index is 11.4. The Morgan fingerprint density at radius 1 is 1.00 bits per heavy atom. The first-order valence-electron chi connectivity index (χ1n) is 6.85. The molecule has 0 unspecified atom stereocenters. The third-order valence-electron chi connectivity index (χ3n) is 2.83. The highest BCUT2D eigenvalue weighted by atomic mass is 16.2. The lowest BCUT2D eigenvalue weighted by molar-refractivity contribution is 0.240. The van der Waals surface area contributed by atoms with E-state index in [0.717, 1.165) is 37.8 Å². The summed E-state index contributed by atoms with van der Waals surface area (Å²) in [6, 6.07) is 8.35. The lowest BCUT2D eigenvalue weighted by atomic mass is 10.1. The molecule has 0 atom stereocenters. The van der Waals surface area contributed by atoms with E-state index in [9.17, 15) is 4.79 Å². The quantitative estimate of drug-likeness (QED) is 0.715. The molecule has 0 spiro atoms. The van der Waals surface area contributed by atoms with Crippen molar-refractivity contribution in [1.82, 2.24) is 10.6 Å². The normalized spacial score (nSPS) is 10.1. The van der Waals surface area contributed by atoms with Crippen LogP contribution in [0.4, 0.5) is 4.79 Å². The van der Waals surface area contributed by atoms with Crippen molar-refractivity contribution in [2.45, 2.75) is 46.1 Å². The fourth-order valence-corrected chi connectivity index (χ4v) is 1.74. The van der Waals surface area contributed by atoms with Gasteiger partial charge in [0, 0.05) is 13.1 Å². The molecule has 1 rings (SSSR count). The van der Waals surface area contributed by atoms with Crippen LogP contribution in [-0.2, 0) is 13.0 Å². The van der Waals surface area contributed by atoms with E-state index in [2.05, 4.69) is 48.7 Å². The first-order chi connectivity index (χ1) is 8.76. The molecule has 100 valence electrons. The van der Waals surface area contributed by atoms with Gasteiger partial charge in [0.15, 0.2) is 0 Å². The van der Waals surface area contributed by atoms with Crippen molar-refractivity contribution < 1.29 is 4.79 Å². The maximum absolute atomic E-state index is 11.4. The Bertz CT molecular complexity index is 346. The number of rotatable bonds is 7. The molecule has 18 heavy (non-hydrogen) atoms. The number of urea groups is 1. The average Bonchev–Trinajstić information content (AvgIpc) is 2.39. The minimum Gasteiger partial charge on any atom is -0.338 e. The molecular weight excluding hydrogens is 224 g/mol. The summed E-state index contributed by atoms with van der Waals surface area (Å²) in [5.74, 6) is 0. The van der Waals surface area contributed by atoms with Crippen molar-refractivity contribution in [3.63, 3.8) is 0 Å². The number of amides is 2. The Morgan fingerprint density at radius 2 is 1.67 bits per heavy atom. The Balaban J connectivity index is 2.27. The van der Waals surface area contributed by atoms with Crippen molar-refractivity contribution >= 4 is 6.03 Å². The van der Waals surface area contributed by atoms with Crippen LogP contribution in [0.1, 0.15) is 44.2 Å². The molecule has 0 aromatic heterocycles. The van der Waals surface area contributed by atoms with Crippen LogP contribution in [0.2, 0.25) is 0 Å². The van der Waals surface area contributed by atoms with Gasteiger partial charge in [-0.15, -0.1) is 0 Å². The van der Waals surface area contributed by atoms with Crippen LogP contribution in [0.5, 0.6) is 0 Å². The fraction of sp³-hybridized carbons (Fsp3) is 0.533. The number of hydrogen-bond donors (Lipinski definition) is 2. The molecule has 0 aliphatic carbocycles. The van der Waals surface area contributed by atoms with E-state index in [0.29, 0.717) is 6.54 Å². The van der Waals surface area contributed by atoms with Crippen LogP contribution in [0.25, 0.3) is 0 Å². The molecule has 2 amide bonds. The van der Waals surface area contributed by atoms with E-state index < -0.39 is 0 Å². The van der Waals surface area contributed by atoms with Crippen LogP contribution in [-0.4, -0.2) is 12.6 Å². The largest absolute Gasteiger partial charge is 0.338 e. The topological polar surface area (TPSA) is 41.1 Å². The molecule has 1 aromatic carbocycles. The van der Waals surface area contributed by atoms with Gasteiger partial charge in [0.1, 0.15) is 0 Å². The van der Waals surface area contributed by atoms with Crippen molar-refractivity contribution in [3.05, 3.63) is 35.4 Å². The zero-order chi connectivity index (χ0) is 13.2. The molecule has 0 saturated carbocycles. The van der Waals surface area contributed by atoms with Gasteiger partial charge in [0.25, 0.3) is 0 Å². The summed E-state index contributed by atoms with van der Waals surface area (Å²) in [6.45, 7) is 5.62. The first-order valence-corrected chi connectivity index (χ1v) is 6.85. The number of carbonyl (C=O) groups is 1. The number of benzene rings is 1. The minimum atomic E-state index is -0.0823. The summed E-state index contributed by atoms with van der Waals surface area (Å²) in [4.78, 5) is 11.4. The molecule has 0 fully saturated rings. The van der Waals surface area contributed by atoms with Gasteiger partial charge in [-0.05, 0) is 24.0 Å². The summed E-state index contributed by atoms with van der Waals surface area (Å²) >= 11 is 0. The summed E-state index contributed by atoms with van der Waals surface area (Å²) in [7, 11) is 0. The zero-order valence-electron chi connectivity index (χ0n) is 11.5. The van der Waals surface area contributed by atoms with Crippen molar-refractivity contribution in [2.75, 3.05) is 6.54 Å². The Hall–Kier alpha value is -1.51. The predicted octanol–water partition coefficient (Wildman–Crippen LogP) is 3.24. The maximum Gasteiger partial charge on any atom is 0.315 e. The molecule has 0 saturated heterocycles. The smallest absolute Gasteiger partial charge is 0.315 e. The minimum absolute atomic E-state index is 0.0823. The van der Waals surface area contributed by atoms with Gasteiger partial charge in [-0.3, -0.25) is 0 Å². The van der Waals surface area contributed by atoms with Gasteiger partial charge in [0.05, 0.1) is 0 Å². The molecule has 0 aliphatic heterocycles. The van der Waals surface area contributed by atoms with Gasteiger partial charge in [-0.2, -0.15) is 0 Å². The molecule has 0 radical (unpaired) electrons. The predicted molar refractivity (Wildman–Crippen MR) is 75.6 cm³/mol. The average molecular weight is 248 g/mol.